The summed E-state index contributed by atoms with van der Waals surface area (Å²) in [6.07, 6.45) is 4.48. The average Bonchev–Trinajstić information content (AvgIpc) is 2.87. The summed E-state index contributed by atoms with van der Waals surface area (Å²) < 4.78 is 5.51. The number of likely N-dealkylation sites (N-methyl/N-ethyl adjacent to an activating group) is 1. The van der Waals surface area contributed by atoms with Gasteiger partial charge in [0.05, 0.1) is 35.2 Å². The molecular formula is C25H31N5O2S. The van der Waals surface area contributed by atoms with Gasteiger partial charge < -0.3 is 15.0 Å². The molecule has 7 nitrogen and oxygen atoms in total. The Morgan fingerprint density at radius 1 is 1.06 bits per heavy atom. The van der Waals surface area contributed by atoms with Gasteiger partial charge in [-0.05, 0) is 55.1 Å². The molecule has 1 N–H and O–H groups in total. The molecule has 0 aromatic carbocycles. The van der Waals surface area contributed by atoms with E-state index in [0.717, 1.165) is 47.2 Å². The van der Waals surface area contributed by atoms with Crippen LogP contribution in [0.1, 0.15) is 13.3 Å². The quantitative estimate of drug-likeness (QED) is 0.240. The summed E-state index contributed by atoms with van der Waals surface area (Å²) in [4.78, 5) is 28.0. The lowest BCUT2D eigenvalue weighted by Crippen LogP contribution is -2.31. The monoisotopic (exact) mass is 465 g/mol. The van der Waals surface area contributed by atoms with Gasteiger partial charge in [0.2, 0.25) is 0 Å². The fourth-order valence-corrected chi connectivity index (χ4v) is 3.35. The van der Waals surface area contributed by atoms with Crippen molar-refractivity contribution in [3.8, 4) is 22.8 Å². The molecule has 0 spiro atoms. The molecule has 3 rings (SSSR count). The first-order valence-electron chi connectivity index (χ1n) is 11.1. The fourth-order valence-electron chi connectivity index (χ4n) is 3.19. The van der Waals surface area contributed by atoms with Crippen LogP contribution < -0.4 is 10.2 Å². The first kappa shape index (κ1) is 24.7. The summed E-state index contributed by atoms with van der Waals surface area (Å²) in [6, 6.07) is 15.5. The Kier molecular flexibility index (Phi) is 9.65. The molecule has 174 valence electrons. The second-order valence-electron chi connectivity index (χ2n) is 7.80. The highest BCUT2D eigenvalue weighted by Gasteiger charge is 2.15. The number of carbonyl (C=O) groups is 1. The number of nitrogens with one attached hydrogen (secondary N) is 1. The van der Waals surface area contributed by atoms with Crippen LogP contribution in [0.15, 0.2) is 60.9 Å². The summed E-state index contributed by atoms with van der Waals surface area (Å²) in [5.74, 6) is 0.444. The third-order valence-corrected chi connectivity index (χ3v) is 5.46. The first-order valence-corrected chi connectivity index (χ1v) is 11.8. The molecule has 0 amide bonds. The van der Waals surface area contributed by atoms with Gasteiger partial charge in [-0.1, -0.05) is 19.1 Å². The molecular weight excluding hydrogens is 434 g/mol. The summed E-state index contributed by atoms with van der Waals surface area (Å²) in [5, 5.41) is 3.26. The van der Waals surface area contributed by atoms with E-state index in [1.165, 1.54) is 0 Å². The van der Waals surface area contributed by atoms with Gasteiger partial charge >= 0.3 is 5.97 Å². The van der Waals surface area contributed by atoms with Crippen LogP contribution in [0, 0.1) is 5.92 Å². The van der Waals surface area contributed by atoms with Crippen molar-refractivity contribution in [2.45, 2.75) is 13.3 Å². The van der Waals surface area contributed by atoms with Crippen LogP contribution >= 0.6 is 12.6 Å². The highest BCUT2D eigenvalue weighted by molar-refractivity contribution is 7.80. The number of pyridine rings is 3. The smallest absolute Gasteiger partial charge is 0.310 e. The Bertz CT molecular complexity index is 946. The molecule has 1 atom stereocenters. The molecule has 0 saturated carbocycles. The Balaban J connectivity index is 1.67. The van der Waals surface area contributed by atoms with Crippen LogP contribution in [0.3, 0.4) is 0 Å². The SMILES string of the molecule is CC(CNCCCS)C(=O)OCCN(C)c1cc(-c2ccccn2)nc(-c2ccccn2)c1. The zero-order chi connectivity index (χ0) is 23.5. The number of hydrogen-bond donors (Lipinski definition) is 2. The Labute approximate surface area is 201 Å². The molecule has 0 bridgehead atoms. The molecule has 0 radical (unpaired) electrons. The van der Waals surface area contributed by atoms with Gasteiger partial charge in [0, 0.05) is 31.7 Å². The van der Waals surface area contributed by atoms with E-state index in [1.807, 2.05) is 67.4 Å². The molecule has 0 aliphatic rings. The number of esters is 1. The number of rotatable bonds is 12. The number of carbonyl (C=O) groups excluding carboxylic acids is 1. The maximum Gasteiger partial charge on any atom is 0.310 e. The van der Waals surface area contributed by atoms with Crippen molar-refractivity contribution in [1.82, 2.24) is 20.3 Å². The number of nitrogens with zero attached hydrogens (tertiary/aromatic N) is 4. The minimum atomic E-state index is -0.195. The van der Waals surface area contributed by atoms with Gasteiger partial charge in [-0.15, -0.1) is 0 Å². The Hall–Kier alpha value is -2.97. The van der Waals surface area contributed by atoms with E-state index in [9.17, 15) is 4.79 Å². The Morgan fingerprint density at radius 3 is 2.24 bits per heavy atom. The van der Waals surface area contributed by atoms with Gasteiger partial charge in [-0.3, -0.25) is 14.8 Å². The van der Waals surface area contributed by atoms with Crippen molar-refractivity contribution < 1.29 is 9.53 Å². The maximum atomic E-state index is 12.3. The summed E-state index contributed by atoms with van der Waals surface area (Å²) in [7, 11) is 1.97. The third-order valence-electron chi connectivity index (χ3n) is 5.14. The average molecular weight is 466 g/mol. The lowest BCUT2D eigenvalue weighted by Gasteiger charge is -2.21. The minimum Gasteiger partial charge on any atom is -0.464 e. The number of hydrogen-bond acceptors (Lipinski definition) is 8. The van der Waals surface area contributed by atoms with Crippen LogP contribution in [0.2, 0.25) is 0 Å². The molecule has 3 aromatic heterocycles. The zero-order valence-electron chi connectivity index (χ0n) is 19.1. The molecule has 8 heteroatoms. The highest BCUT2D eigenvalue weighted by atomic mass is 32.1. The van der Waals surface area contributed by atoms with Crippen LogP contribution in [0.4, 0.5) is 5.69 Å². The van der Waals surface area contributed by atoms with Crippen molar-refractivity contribution in [1.29, 1.82) is 0 Å². The van der Waals surface area contributed by atoms with E-state index in [1.54, 1.807) is 12.4 Å². The molecule has 3 aromatic rings. The number of ether oxygens (including phenoxy) is 1. The lowest BCUT2D eigenvalue weighted by molar-refractivity contribution is -0.147. The van der Waals surface area contributed by atoms with Crippen molar-refractivity contribution >= 4 is 24.3 Å². The maximum absolute atomic E-state index is 12.3. The Morgan fingerprint density at radius 2 is 1.70 bits per heavy atom. The molecule has 33 heavy (non-hydrogen) atoms. The highest BCUT2D eigenvalue weighted by Crippen LogP contribution is 2.26. The molecule has 0 fully saturated rings. The third kappa shape index (κ3) is 7.54. The van der Waals surface area contributed by atoms with Gasteiger partial charge in [0.1, 0.15) is 6.61 Å². The number of aromatic nitrogens is 3. The van der Waals surface area contributed by atoms with E-state index < -0.39 is 0 Å². The summed E-state index contributed by atoms with van der Waals surface area (Å²) in [6.45, 7) is 4.19. The van der Waals surface area contributed by atoms with Crippen molar-refractivity contribution in [3.63, 3.8) is 0 Å². The van der Waals surface area contributed by atoms with Gasteiger partial charge in [-0.2, -0.15) is 12.6 Å². The second kappa shape index (κ2) is 12.9. The van der Waals surface area contributed by atoms with E-state index in [2.05, 4.69) is 27.9 Å². The van der Waals surface area contributed by atoms with Crippen LogP contribution in [-0.4, -0.2) is 60.0 Å². The molecule has 0 saturated heterocycles. The standard InChI is InChI=1S/C25H31N5O2S/c1-19(18-26-10-7-15-33)25(31)32-14-13-30(2)20-16-23(21-8-3-5-11-27-21)29-24(17-20)22-9-4-6-12-28-22/h3-6,8-9,11-12,16-17,19,26,33H,7,10,13-15,18H2,1-2H3. The summed E-state index contributed by atoms with van der Waals surface area (Å²) >= 11 is 4.19. The normalized spacial score (nSPS) is 11.7. The van der Waals surface area contributed by atoms with Crippen LogP contribution in [0.25, 0.3) is 22.8 Å². The van der Waals surface area contributed by atoms with E-state index in [-0.39, 0.29) is 11.9 Å². The molecule has 0 aliphatic carbocycles. The molecule has 3 heterocycles. The van der Waals surface area contributed by atoms with E-state index in [4.69, 9.17) is 9.72 Å². The van der Waals surface area contributed by atoms with Gasteiger partial charge in [0.25, 0.3) is 0 Å². The largest absolute Gasteiger partial charge is 0.464 e. The topological polar surface area (TPSA) is 80.2 Å². The predicted molar refractivity (Wildman–Crippen MR) is 135 cm³/mol. The van der Waals surface area contributed by atoms with E-state index >= 15 is 0 Å². The van der Waals surface area contributed by atoms with Crippen molar-refractivity contribution in [2.24, 2.45) is 5.92 Å². The van der Waals surface area contributed by atoms with Gasteiger partial charge in [-0.25, -0.2) is 4.98 Å². The number of anilines is 1. The number of thiol groups is 1. The van der Waals surface area contributed by atoms with Crippen LogP contribution in [0.5, 0.6) is 0 Å². The van der Waals surface area contributed by atoms with Gasteiger partial charge in [0.15, 0.2) is 0 Å². The molecule has 0 aliphatic heterocycles. The minimum absolute atomic E-state index is 0.192. The zero-order valence-corrected chi connectivity index (χ0v) is 20.0. The first-order chi connectivity index (χ1) is 16.1. The summed E-state index contributed by atoms with van der Waals surface area (Å²) in [5.41, 5.74) is 4.05. The lowest BCUT2D eigenvalue weighted by atomic mass is 10.1. The second-order valence-corrected chi connectivity index (χ2v) is 8.24. The van der Waals surface area contributed by atoms with Crippen molar-refractivity contribution in [3.05, 3.63) is 60.9 Å². The predicted octanol–water partition coefficient (Wildman–Crippen LogP) is 3.73. The fraction of sp³-hybridized carbons (Fsp3) is 0.360. The van der Waals surface area contributed by atoms with E-state index in [0.29, 0.717) is 19.7 Å². The van der Waals surface area contributed by atoms with Crippen molar-refractivity contribution in [2.75, 3.05) is 43.9 Å². The van der Waals surface area contributed by atoms with Crippen LogP contribution in [-0.2, 0) is 9.53 Å². The molecule has 1 unspecified atom stereocenters.